The highest BCUT2D eigenvalue weighted by Gasteiger charge is 2.27. The Balaban J connectivity index is 2.26. The number of carboxylic acid groups (broad SMARTS) is 1. The lowest BCUT2D eigenvalue weighted by Crippen LogP contribution is -2.36. The molecule has 104 valence electrons. The van der Waals surface area contributed by atoms with E-state index in [9.17, 15) is 9.59 Å². The Labute approximate surface area is 111 Å². The van der Waals surface area contributed by atoms with Crippen LogP contribution >= 0.6 is 0 Å². The average Bonchev–Trinajstić information content (AvgIpc) is 3.11. The minimum absolute atomic E-state index is 0.0289. The molecule has 0 amide bonds. The van der Waals surface area contributed by atoms with Gasteiger partial charge < -0.3 is 15.0 Å². The zero-order valence-corrected chi connectivity index (χ0v) is 11.2. The predicted molar refractivity (Wildman–Crippen MR) is 71.6 cm³/mol. The van der Waals surface area contributed by atoms with Gasteiger partial charge in [0.05, 0.1) is 6.42 Å². The largest absolute Gasteiger partial charge is 0.481 e. The number of carbonyl (C=O) groups is 1. The van der Waals surface area contributed by atoms with Gasteiger partial charge in [-0.25, -0.2) is 4.98 Å². The van der Waals surface area contributed by atoms with Gasteiger partial charge in [-0.3, -0.25) is 9.59 Å². The van der Waals surface area contributed by atoms with E-state index < -0.39 is 5.97 Å². The van der Waals surface area contributed by atoms with Gasteiger partial charge in [-0.2, -0.15) is 0 Å². The first-order valence-corrected chi connectivity index (χ1v) is 6.61. The third kappa shape index (κ3) is 3.33. The van der Waals surface area contributed by atoms with Gasteiger partial charge in [-0.05, 0) is 26.7 Å². The summed E-state index contributed by atoms with van der Waals surface area (Å²) in [7, 11) is 0. The van der Waals surface area contributed by atoms with Crippen molar-refractivity contribution in [2.24, 2.45) is 0 Å². The molecule has 2 rings (SSSR count). The summed E-state index contributed by atoms with van der Waals surface area (Å²) in [6.07, 6.45) is 2.15. The van der Waals surface area contributed by atoms with Gasteiger partial charge in [0, 0.05) is 24.6 Å². The highest BCUT2D eigenvalue weighted by atomic mass is 16.4. The minimum Gasteiger partial charge on any atom is -0.481 e. The molecule has 6 heteroatoms. The van der Waals surface area contributed by atoms with Gasteiger partial charge in [0.25, 0.3) is 5.56 Å². The summed E-state index contributed by atoms with van der Waals surface area (Å²) in [6, 6.07) is 1.25. The van der Waals surface area contributed by atoms with Crippen LogP contribution in [-0.4, -0.2) is 33.6 Å². The minimum atomic E-state index is -0.849. The van der Waals surface area contributed by atoms with Crippen LogP contribution in [0.1, 0.15) is 44.9 Å². The number of nitrogens with one attached hydrogen (secondary N) is 1. The number of rotatable bonds is 6. The second-order valence-corrected chi connectivity index (χ2v) is 5.00. The number of hydrogen-bond acceptors (Lipinski definition) is 4. The summed E-state index contributed by atoms with van der Waals surface area (Å²) >= 11 is 0. The van der Waals surface area contributed by atoms with Crippen molar-refractivity contribution in [3.63, 3.8) is 0 Å². The van der Waals surface area contributed by atoms with Crippen molar-refractivity contribution in [1.82, 2.24) is 9.97 Å². The molecule has 0 aromatic carbocycles. The predicted octanol–water partition coefficient (Wildman–Crippen LogP) is 1.34. The maximum atomic E-state index is 11.7. The molecule has 0 bridgehead atoms. The fourth-order valence-corrected chi connectivity index (χ4v) is 2.22. The number of aromatic nitrogens is 2. The van der Waals surface area contributed by atoms with Crippen molar-refractivity contribution < 1.29 is 9.90 Å². The van der Waals surface area contributed by atoms with Gasteiger partial charge in [0.1, 0.15) is 11.6 Å². The topological polar surface area (TPSA) is 86.3 Å². The van der Waals surface area contributed by atoms with Crippen LogP contribution in [0.25, 0.3) is 0 Å². The fourth-order valence-electron chi connectivity index (χ4n) is 2.22. The summed E-state index contributed by atoms with van der Waals surface area (Å²) in [5.41, 5.74) is -0.173. The molecule has 2 N–H and O–H groups in total. The lowest BCUT2D eigenvalue weighted by molar-refractivity contribution is -0.137. The van der Waals surface area contributed by atoms with Crippen molar-refractivity contribution in [3.05, 3.63) is 22.2 Å². The normalized spacial score (nSPS) is 16.1. The van der Waals surface area contributed by atoms with E-state index in [1.54, 1.807) is 0 Å². The lowest BCUT2D eigenvalue weighted by atomic mass is 10.2. The van der Waals surface area contributed by atoms with Crippen molar-refractivity contribution in [2.75, 3.05) is 11.4 Å². The first-order chi connectivity index (χ1) is 9.01. The van der Waals surface area contributed by atoms with E-state index in [-0.39, 0.29) is 18.0 Å². The average molecular weight is 265 g/mol. The number of nitrogens with zero attached hydrogens (tertiary/aromatic N) is 2. The third-order valence-electron chi connectivity index (χ3n) is 3.35. The van der Waals surface area contributed by atoms with E-state index in [0.29, 0.717) is 18.3 Å². The van der Waals surface area contributed by atoms with Crippen molar-refractivity contribution >= 4 is 11.8 Å². The fraction of sp³-hybridized carbons (Fsp3) is 0.615. The van der Waals surface area contributed by atoms with Crippen molar-refractivity contribution in [1.29, 1.82) is 0 Å². The molecule has 1 atom stereocenters. The van der Waals surface area contributed by atoms with E-state index in [1.807, 2.05) is 18.7 Å². The first-order valence-electron chi connectivity index (χ1n) is 6.61. The van der Waals surface area contributed by atoms with E-state index in [2.05, 4.69) is 9.97 Å². The Hall–Kier alpha value is -1.85. The standard InChI is InChI=1S/C13H19N3O3/c1-3-16(8(2)6-12(18)19)10-7-11(17)15-13(14-10)9-4-5-9/h7-9H,3-6H2,1-2H3,(H,18,19)(H,14,15,17). The van der Waals surface area contributed by atoms with Gasteiger partial charge in [0.15, 0.2) is 0 Å². The molecule has 0 saturated heterocycles. The van der Waals surface area contributed by atoms with Crippen LogP contribution in [-0.2, 0) is 4.79 Å². The van der Waals surface area contributed by atoms with E-state index in [0.717, 1.165) is 18.7 Å². The van der Waals surface area contributed by atoms with Crippen LogP contribution in [0.15, 0.2) is 10.9 Å². The SMILES string of the molecule is CCN(c1cc(=O)[nH]c(C2CC2)n1)C(C)CC(=O)O. The zero-order chi connectivity index (χ0) is 14.0. The summed E-state index contributed by atoms with van der Waals surface area (Å²) in [5, 5.41) is 8.87. The number of carboxylic acids is 1. The molecule has 1 fully saturated rings. The Morgan fingerprint density at radius 1 is 1.63 bits per heavy atom. The molecular weight excluding hydrogens is 246 g/mol. The van der Waals surface area contributed by atoms with Gasteiger partial charge in [-0.1, -0.05) is 0 Å². The Morgan fingerprint density at radius 3 is 2.84 bits per heavy atom. The number of hydrogen-bond donors (Lipinski definition) is 2. The molecule has 1 aliphatic rings. The van der Waals surface area contributed by atoms with Crippen molar-refractivity contribution in [3.8, 4) is 0 Å². The molecule has 1 unspecified atom stereocenters. The van der Waals surface area contributed by atoms with Crippen LogP contribution in [0.5, 0.6) is 0 Å². The lowest BCUT2D eigenvalue weighted by Gasteiger charge is -2.28. The van der Waals surface area contributed by atoms with Gasteiger partial charge >= 0.3 is 5.97 Å². The number of aliphatic carboxylic acids is 1. The quantitative estimate of drug-likeness (QED) is 0.810. The number of H-pyrrole nitrogens is 1. The van der Waals surface area contributed by atoms with E-state index in [1.165, 1.54) is 6.07 Å². The van der Waals surface area contributed by atoms with Crippen LogP contribution in [0.3, 0.4) is 0 Å². The third-order valence-corrected chi connectivity index (χ3v) is 3.35. The highest BCUT2D eigenvalue weighted by Crippen LogP contribution is 2.38. The summed E-state index contributed by atoms with van der Waals surface area (Å²) in [4.78, 5) is 31.6. The van der Waals surface area contributed by atoms with Crippen LogP contribution in [0.4, 0.5) is 5.82 Å². The smallest absolute Gasteiger partial charge is 0.305 e. The molecule has 1 heterocycles. The monoisotopic (exact) mass is 265 g/mol. The zero-order valence-electron chi connectivity index (χ0n) is 11.2. The molecule has 6 nitrogen and oxygen atoms in total. The molecule has 1 aromatic heterocycles. The first kappa shape index (κ1) is 13.6. The number of anilines is 1. The van der Waals surface area contributed by atoms with Crippen LogP contribution in [0.2, 0.25) is 0 Å². The maximum Gasteiger partial charge on any atom is 0.305 e. The molecule has 1 aliphatic carbocycles. The summed E-state index contributed by atoms with van der Waals surface area (Å²) in [6.45, 7) is 4.38. The van der Waals surface area contributed by atoms with Crippen LogP contribution in [0, 0.1) is 0 Å². The molecule has 0 spiro atoms. The molecule has 1 aromatic rings. The second-order valence-electron chi connectivity index (χ2n) is 5.00. The Morgan fingerprint density at radius 2 is 2.32 bits per heavy atom. The molecular formula is C13H19N3O3. The molecule has 1 saturated carbocycles. The van der Waals surface area contributed by atoms with Crippen molar-refractivity contribution in [2.45, 2.75) is 45.1 Å². The highest BCUT2D eigenvalue weighted by molar-refractivity contribution is 5.68. The van der Waals surface area contributed by atoms with E-state index in [4.69, 9.17) is 5.11 Å². The molecule has 19 heavy (non-hydrogen) atoms. The van der Waals surface area contributed by atoms with Gasteiger partial charge in [-0.15, -0.1) is 0 Å². The molecule has 0 radical (unpaired) electrons. The maximum absolute atomic E-state index is 11.7. The summed E-state index contributed by atoms with van der Waals surface area (Å²) in [5.74, 6) is 0.810. The van der Waals surface area contributed by atoms with Gasteiger partial charge in [0.2, 0.25) is 0 Å². The summed E-state index contributed by atoms with van der Waals surface area (Å²) < 4.78 is 0. The molecule has 0 aliphatic heterocycles. The Kier molecular flexibility index (Phi) is 3.87. The van der Waals surface area contributed by atoms with E-state index >= 15 is 0 Å². The Bertz CT molecular complexity index is 522. The number of aromatic amines is 1. The second kappa shape index (κ2) is 5.42. The van der Waals surface area contributed by atoms with Crippen LogP contribution < -0.4 is 10.5 Å².